The predicted octanol–water partition coefficient (Wildman–Crippen LogP) is 1.66. The normalized spacial score (nSPS) is 13.0. The highest BCUT2D eigenvalue weighted by Crippen LogP contribution is 2.22. The van der Waals surface area contributed by atoms with Gasteiger partial charge in [-0.25, -0.2) is 13.1 Å². The highest BCUT2D eigenvalue weighted by molar-refractivity contribution is 7.89. The van der Waals surface area contributed by atoms with Crippen molar-refractivity contribution in [1.82, 2.24) is 14.5 Å². The van der Waals surface area contributed by atoms with Crippen LogP contribution >= 0.6 is 0 Å². The highest BCUT2D eigenvalue weighted by Gasteiger charge is 2.27. The maximum atomic E-state index is 12.5. The lowest BCUT2D eigenvalue weighted by atomic mass is 10.1. The van der Waals surface area contributed by atoms with Gasteiger partial charge < -0.3 is 9.84 Å². The average Bonchev–Trinajstić information content (AvgIpc) is 3.04. The van der Waals surface area contributed by atoms with Gasteiger partial charge in [0.2, 0.25) is 10.0 Å². The minimum absolute atomic E-state index is 0.0279. The third kappa shape index (κ3) is 4.58. The van der Waals surface area contributed by atoms with Crippen LogP contribution in [0.15, 0.2) is 41.6 Å². The molecule has 2 rings (SSSR count). The van der Waals surface area contributed by atoms with Gasteiger partial charge in [-0.2, -0.15) is 9.82 Å². The monoisotopic (exact) mass is 367 g/mol. The van der Waals surface area contributed by atoms with E-state index in [0.717, 1.165) is 0 Å². The molecule has 0 bridgehead atoms. The number of carbonyl (C=O) groups is 1. The Morgan fingerprint density at radius 3 is 2.64 bits per heavy atom. The van der Waals surface area contributed by atoms with Crippen LogP contribution in [0, 0.1) is 5.92 Å². The van der Waals surface area contributed by atoms with Gasteiger partial charge in [0.15, 0.2) is 0 Å². The number of hydrogen-bond acceptors (Lipinski definition) is 5. The number of rotatable bonds is 8. The van der Waals surface area contributed by atoms with E-state index >= 15 is 0 Å². The van der Waals surface area contributed by atoms with Crippen molar-refractivity contribution >= 4 is 16.0 Å². The maximum Gasteiger partial charge on any atom is 0.321 e. The van der Waals surface area contributed by atoms with Crippen LogP contribution in [0.25, 0.3) is 5.69 Å². The number of nitrogens with zero attached hydrogens (tertiary/aromatic N) is 2. The molecule has 2 aromatic rings. The van der Waals surface area contributed by atoms with Gasteiger partial charge in [-0.05, 0) is 24.5 Å². The number of nitrogens with one attached hydrogen (secondary N) is 1. The van der Waals surface area contributed by atoms with Crippen LogP contribution in [-0.4, -0.2) is 42.4 Å². The van der Waals surface area contributed by atoms with Crippen molar-refractivity contribution in [3.8, 4) is 11.4 Å². The zero-order valence-electron chi connectivity index (χ0n) is 14.2. The van der Waals surface area contributed by atoms with E-state index in [4.69, 9.17) is 4.74 Å². The molecule has 9 heteroatoms. The van der Waals surface area contributed by atoms with Crippen LogP contribution in [0.3, 0.4) is 0 Å². The van der Waals surface area contributed by atoms with Gasteiger partial charge in [-0.3, -0.25) is 4.79 Å². The van der Waals surface area contributed by atoms with E-state index in [1.807, 2.05) is 13.8 Å². The number of ether oxygens (including phenoxy) is 1. The van der Waals surface area contributed by atoms with Crippen molar-refractivity contribution in [2.45, 2.75) is 31.2 Å². The number of methoxy groups -OCH3 is 1. The van der Waals surface area contributed by atoms with Crippen LogP contribution in [0.1, 0.15) is 20.3 Å². The van der Waals surface area contributed by atoms with E-state index in [9.17, 15) is 18.3 Å². The standard InChI is InChI=1S/C16H21N3O5S/c1-11(2)8-13(16(20)21)18-25(22,23)12-9-17-19(10-12)14-6-4-5-7-15(14)24-3/h4-7,9-11,13,18H,8H2,1-3H3,(H,20,21)/t13-/m1/s1. The van der Waals surface area contributed by atoms with Crippen LogP contribution in [-0.2, 0) is 14.8 Å². The molecule has 0 unspecified atom stereocenters. The Morgan fingerprint density at radius 2 is 2.04 bits per heavy atom. The molecule has 1 heterocycles. The van der Waals surface area contributed by atoms with Gasteiger partial charge in [0, 0.05) is 0 Å². The van der Waals surface area contributed by atoms with E-state index in [1.54, 1.807) is 24.3 Å². The van der Waals surface area contributed by atoms with Crippen LogP contribution in [0.2, 0.25) is 0 Å². The molecule has 1 atom stereocenters. The van der Waals surface area contributed by atoms with E-state index in [-0.39, 0.29) is 17.2 Å². The Kier molecular flexibility index (Phi) is 5.81. The lowest BCUT2D eigenvalue weighted by Crippen LogP contribution is -2.41. The lowest BCUT2D eigenvalue weighted by Gasteiger charge is -2.15. The number of aromatic nitrogens is 2. The molecular formula is C16H21N3O5S. The van der Waals surface area contributed by atoms with Crippen molar-refractivity contribution in [2.75, 3.05) is 7.11 Å². The molecular weight excluding hydrogens is 346 g/mol. The predicted molar refractivity (Wildman–Crippen MR) is 91.3 cm³/mol. The fourth-order valence-electron chi connectivity index (χ4n) is 2.32. The number of para-hydroxylation sites is 2. The maximum absolute atomic E-state index is 12.5. The Morgan fingerprint density at radius 1 is 1.36 bits per heavy atom. The Labute approximate surface area is 146 Å². The molecule has 0 aliphatic heterocycles. The molecule has 25 heavy (non-hydrogen) atoms. The lowest BCUT2D eigenvalue weighted by molar-refractivity contribution is -0.139. The van der Waals surface area contributed by atoms with Gasteiger partial charge in [0.05, 0.1) is 19.5 Å². The number of sulfonamides is 1. The Bertz CT molecular complexity index is 845. The third-order valence-electron chi connectivity index (χ3n) is 3.50. The summed E-state index contributed by atoms with van der Waals surface area (Å²) in [7, 11) is -2.51. The first-order chi connectivity index (χ1) is 11.7. The Balaban J connectivity index is 2.29. The summed E-state index contributed by atoms with van der Waals surface area (Å²) in [6.45, 7) is 3.65. The smallest absolute Gasteiger partial charge is 0.321 e. The van der Waals surface area contributed by atoms with Crippen molar-refractivity contribution in [2.24, 2.45) is 5.92 Å². The summed E-state index contributed by atoms with van der Waals surface area (Å²) in [5, 5.41) is 13.3. The molecule has 0 aliphatic rings. The van der Waals surface area contributed by atoms with E-state index < -0.39 is 22.0 Å². The molecule has 0 amide bonds. The second kappa shape index (κ2) is 7.66. The summed E-state index contributed by atoms with van der Waals surface area (Å²) >= 11 is 0. The fourth-order valence-corrected chi connectivity index (χ4v) is 3.45. The van der Waals surface area contributed by atoms with Gasteiger partial charge in [0.1, 0.15) is 22.4 Å². The largest absolute Gasteiger partial charge is 0.494 e. The van der Waals surface area contributed by atoms with Crippen molar-refractivity contribution in [3.63, 3.8) is 0 Å². The van der Waals surface area contributed by atoms with Crippen LogP contribution < -0.4 is 9.46 Å². The molecule has 136 valence electrons. The zero-order chi connectivity index (χ0) is 18.6. The zero-order valence-corrected chi connectivity index (χ0v) is 15.0. The molecule has 0 saturated heterocycles. The van der Waals surface area contributed by atoms with Crippen molar-refractivity contribution < 1.29 is 23.1 Å². The summed E-state index contributed by atoms with van der Waals surface area (Å²) in [5.74, 6) is -0.653. The van der Waals surface area contributed by atoms with Gasteiger partial charge >= 0.3 is 5.97 Å². The molecule has 0 saturated carbocycles. The number of carboxylic acid groups (broad SMARTS) is 1. The quantitative estimate of drug-likeness (QED) is 0.734. The van der Waals surface area contributed by atoms with Gasteiger partial charge in [0.25, 0.3) is 0 Å². The Hall–Kier alpha value is -2.39. The first kappa shape index (κ1) is 18.9. The minimum atomic E-state index is -4.01. The summed E-state index contributed by atoms with van der Waals surface area (Å²) in [5.41, 5.74) is 0.573. The molecule has 0 radical (unpaired) electrons. The van der Waals surface area contributed by atoms with Crippen LogP contribution in [0.5, 0.6) is 5.75 Å². The summed E-state index contributed by atoms with van der Waals surface area (Å²) in [6, 6.07) is 5.82. The van der Waals surface area contributed by atoms with Gasteiger partial charge in [-0.15, -0.1) is 0 Å². The molecule has 8 nitrogen and oxygen atoms in total. The van der Waals surface area contributed by atoms with Crippen molar-refractivity contribution in [3.05, 3.63) is 36.7 Å². The van der Waals surface area contributed by atoms with Gasteiger partial charge in [-0.1, -0.05) is 26.0 Å². The summed E-state index contributed by atoms with van der Waals surface area (Å²) in [4.78, 5) is 11.2. The summed E-state index contributed by atoms with van der Waals surface area (Å²) < 4.78 is 33.8. The molecule has 1 aromatic carbocycles. The molecule has 2 N–H and O–H groups in total. The van der Waals surface area contributed by atoms with E-state index in [2.05, 4.69) is 9.82 Å². The number of aliphatic carboxylic acids is 1. The fraction of sp³-hybridized carbons (Fsp3) is 0.375. The van der Waals surface area contributed by atoms with E-state index in [1.165, 1.54) is 24.2 Å². The second-order valence-electron chi connectivity index (χ2n) is 5.93. The third-order valence-corrected chi connectivity index (χ3v) is 4.93. The van der Waals surface area contributed by atoms with Crippen molar-refractivity contribution in [1.29, 1.82) is 0 Å². The van der Waals surface area contributed by atoms with Crippen LogP contribution in [0.4, 0.5) is 0 Å². The second-order valence-corrected chi connectivity index (χ2v) is 7.65. The average molecular weight is 367 g/mol. The first-order valence-corrected chi connectivity index (χ1v) is 9.16. The highest BCUT2D eigenvalue weighted by atomic mass is 32.2. The number of hydrogen-bond donors (Lipinski definition) is 2. The first-order valence-electron chi connectivity index (χ1n) is 7.67. The topological polar surface area (TPSA) is 111 Å². The molecule has 0 fully saturated rings. The molecule has 0 spiro atoms. The van der Waals surface area contributed by atoms with E-state index in [0.29, 0.717) is 11.4 Å². The number of carboxylic acids is 1. The summed E-state index contributed by atoms with van der Waals surface area (Å²) in [6.07, 6.45) is 2.67. The molecule has 1 aromatic heterocycles. The SMILES string of the molecule is COc1ccccc1-n1cc(S(=O)(=O)N[C@H](CC(C)C)C(=O)O)cn1. The molecule has 0 aliphatic carbocycles. The minimum Gasteiger partial charge on any atom is -0.494 e. The number of benzene rings is 1.